The summed E-state index contributed by atoms with van der Waals surface area (Å²) in [6.07, 6.45) is 5.33. The molecule has 2 N–H and O–H groups in total. The molecule has 0 aromatic rings. The van der Waals surface area contributed by atoms with E-state index in [1.807, 2.05) is 19.9 Å². The van der Waals surface area contributed by atoms with Crippen LogP contribution in [0.2, 0.25) is 0 Å². The van der Waals surface area contributed by atoms with Crippen LogP contribution < -0.4 is 5.73 Å². The number of hydrogen-bond donors (Lipinski definition) is 1. The van der Waals surface area contributed by atoms with Gasteiger partial charge in [0.2, 0.25) is 0 Å². The monoisotopic (exact) mass is 137 g/mol. The molecule has 1 heteroatoms. The van der Waals surface area contributed by atoms with Gasteiger partial charge in [-0.2, -0.15) is 0 Å². The van der Waals surface area contributed by atoms with Crippen molar-refractivity contribution >= 4 is 0 Å². The predicted molar refractivity (Wildman–Crippen MR) is 46.7 cm³/mol. The molecule has 0 saturated carbocycles. The highest BCUT2D eigenvalue weighted by molar-refractivity contribution is 5.30. The molecule has 0 aliphatic rings. The van der Waals surface area contributed by atoms with Gasteiger partial charge in [-0.25, -0.2) is 0 Å². The van der Waals surface area contributed by atoms with Crippen LogP contribution in [0, 0.1) is 0 Å². The Bertz CT molecular complexity index is 158. The van der Waals surface area contributed by atoms with Crippen molar-refractivity contribution in [2.75, 3.05) is 0 Å². The SMILES string of the molecule is C=C/C=C(\C=C)C(C)(C)N. The smallest absolute Gasteiger partial charge is 0.0352 e. The van der Waals surface area contributed by atoms with E-state index in [0.29, 0.717) is 0 Å². The minimum atomic E-state index is -0.310. The Morgan fingerprint density at radius 3 is 2.00 bits per heavy atom. The maximum atomic E-state index is 5.79. The summed E-state index contributed by atoms with van der Waals surface area (Å²) in [6, 6.07) is 0. The summed E-state index contributed by atoms with van der Waals surface area (Å²) < 4.78 is 0. The van der Waals surface area contributed by atoms with Gasteiger partial charge in [-0.15, -0.1) is 0 Å². The van der Waals surface area contributed by atoms with E-state index in [-0.39, 0.29) is 5.54 Å². The molecule has 0 fully saturated rings. The third kappa shape index (κ3) is 2.65. The second-order valence-corrected chi connectivity index (χ2v) is 2.78. The molecule has 1 nitrogen and oxygen atoms in total. The van der Waals surface area contributed by atoms with E-state index in [2.05, 4.69) is 13.2 Å². The van der Waals surface area contributed by atoms with Crippen LogP contribution in [0.25, 0.3) is 0 Å². The molecular weight excluding hydrogens is 122 g/mol. The van der Waals surface area contributed by atoms with Crippen molar-refractivity contribution in [3.8, 4) is 0 Å². The van der Waals surface area contributed by atoms with Crippen LogP contribution in [-0.4, -0.2) is 5.54 Å². The number of allylic oxidation sites excluding steroid dienone is 2. The summed E-state index contributed by atoms with van der Waals surface area (Å²) in [7, 11) is 0. The first-order chi connectivity index (χ1) is 4.52. The molecule has 0 amide bonds. The Kier molecular flexibility index (Phi) is 3.10. The van der Waals surface area contributed by atoms with Crippen LogP contribution in [0.5, 0.6) is 0 Å². The highest BCUT2D eigenvalue weighted by atomic mass is 14.7. The van der Waals surface area contributed by atoms with Crippen LogP contribution in [0.15, 0.2) is 37.0 Å². The van der Waals surface area contributed by atoms with Crippen molar-refractivity contribution in [3.05, 3.63) is 37.0 Å². The van der Waals surface area contributed by atoms with Crippen molar-refractivity contribution in [1.29, 1.82) is 0 Å². The fraction of sp³-hybridized carbons (Fsp3) is 0.333. The van der Waals surface area contributed by atoms with Gasteiger partial charge in [0, 0.05) is 5.54 Å². The number of rotatable bonds is 3. The van der Waals surface area contributed by atoms with Gasteiger partial charge in [0.15, 0.2) is 0 Å². The minimum Gasteiger partial charge on any atom is -0.322 e. The lowest BCUT2D eigenvalue weighted by atomic mass is 9.95. The summed E-state index contributed by atoms with van der Waals surface area (Å²) in [5.41, 5.74) is 6.48. The Balaban J connectivity index is 4.51. The molecule has 0 bridgehead atoms. The Morgan fingerprint density at radius 2 is 1.90 bits per heavy atom. The Hall–Kier alpha value is -0.820. The topological polar surface area (TPSA) is 26.0 Å². The molecule has 0 saturated heterocycles. The van der Waals surface area contributed by atoms with Crippen molar-refractivity contribution in [3.63, 3.8) is 0 Å². The molecule has 0 aliphatic carbocycles. The lowest BCUT2D eigenvalue weighted by molar-refractivity contribution is 0.626. The molecule has 0 unspecified atom stereocenters. The van der Waals surface area contributed by atoms with Gasteiger partial charge in [0.25, 0.3) is 0 Å². The Morgan fingerprint density at radius 1 is 1.40 bits per heavy atom. The fourth-order valence-electron chi connectivity index (χ4n) is 0.673. The standard InChI is InChI=1S/C9H15N/c1-5-7-8(6-2)9(3,4)10/h5-7H,1-2,10H2,3-4H3/b8-7+. The molecule has 0 heterocycles. The van der Waals surface area contributed by atoms with E-state index in [1.165, 1.54) is 0 Å². The van der Waals surface area contributed by atoms with Gasteiger partial charge in [-0.05, 0) is 19.4 Å². The number of nitrogens with two attached hydrogens (primary N) is 1. The molecule has 56 valence electrons. The second kappa shape index (κ2) is 3.37. The molecule has 10 heavy (non-hydrogen) atoms. The average Bonchev–Trinajstić information content (AvgIpc) is 1.80. The van der Waals surface area contributed by atoms with E-state index in [0.717, 1.165) is 5.57 Å². The van der Waals surface area contributed by atoms with Crippen LogP contribution in [0.4, 0.5) is 0 Å². The zero-order valence-corrected chi connectivity index (χ0v) is 6.72. The average molecular weight is 137 g/mol. The maximum absolute atomic E-state index is 5.79. The molecule has 0 aliphatic heterocycles. The fourth-order valence-corrected chi connectivity index (χ4v) is 0.673. The molecular formula is C9H15N. The van der Waals surface area contributed by atoms with E-state index < -0.39 is 0 Å². The van der Waals surface area contributed by atoms with Gasteiger partial charge in [-0.3, -0.25) is 0 Å². The van der Waals surface area contributed by atoms with Gasteiger partial charge in [-0.1, -0.05) is 31.4 Å². The molecule has 0 aromatic carbocycles. The molecule has 0 radical (unpaired) electrons. The van der Waals surface area contributed by atoms with Crippen molar-refractivity contribution < 1.29 is 0 Å². The lowest BCUT2D eigenvalue weighted by Gasteiger charge is -2.19. The van der Waals surface area contributed by atoms with Crippen molar-refractivity contribution in [1.82, 2.24) is 0 Å². The largest absolute Gasteiger partial charge is 0.322 e. The van der Waals surface area contributed by atoms with E-state index in [9.17, 15) is 0 Å². The van der Waals surface area contributed by atoms with Gasteiger partial charge >= 0.3 is 0 Å². The Labute approximate surface area is 62.9 Å². The summed E-state index contributed by atoms with van der Waals surface area (Å²) in [6.45, 7) is 11.1. The van der Waals surface area contributed by atoms with E-state index >= 15 is 0 Å². The third-order valence-electron chi connectivity index (χ3n) is 1.26. The summed E-state index contributed by atoms with van der Waals surface area (Å²) in [5.74, 6) is 0. The third-order valence-corrected chi connectivity index (χ3v) is 1.26. The zero-order chi connectivity index (χ0) is 8.20. The van der Waals surface area contributed by atoms with Crippen LogP contribution in [0.3, 0.4) is 0 Å². The van der Waals surface area contributed by atoms with Gasteiger partial charge < -0.3 is 5.73 Å². The predicted octanol–water partition coefficient (Wildman–Crippen LogP) is 2.02. The number of hydrogen-bond acceptors (Lipinski definition) is 1. The van der Waals surface area contributed by atoms with Gasteiger partial charge in [0.1, 0.15) is 0 Å². The van der Waals surface area contributed by atoms with E-state index in [4.69, 9.17) is 5.73 Å². The van der Waals surface area contributed by atoms with Crippen molar-refractivity contribution in [2.45, 2.75) is 19.4 Å². The van der Waals surface area contributed by atoms with Crippen LogP contribution >= 0.6 is 0 Å². The molecule has 0 aromatic heterocycles. The second-order valence-electron chi connectivity index (χ2n) is 2.78. The first-order valence-corrected chi connectivity index (χ1v) is 3.27. The molecule has 0 rings (SSSR count). The minimum absolute atomic E-state index is 0.310. The van der Waals surface area contributed by atoms with Gasteiger partial charge in [0.05, 0.1) is 0 Å². The summed E-state index contributed by atoms with van der Waals surface area (Å²) >= 11 is 0. The summed E-state index contributed by atoms with van der Waals surface area (Å²) in [4.78, 5) is 0. The quantitative estimate of drug-likeness (QED) is 0.592. The van der Waals surface area contributed by atoms with Crippen LogP contribution in [0.1, 0.15) is 13.8 Å². The first-order valence-electron chi connectivity index (χ1n) is 3.27. The lowest BCUT2D eigenvalue weighted by Crippen LogP contribution is -2.33. The first kappa shape index (κ1) is 9.18. The highest BCUT2D eigenvalue weighted by Crippen LogP contribution is 2.12. The van der Waals surface area contributed by atoms with Crippen LogP contribution in [-0.2, 0) is 0 Å². The molecule has 0 atom stereocenters. The maximum Gasteiger partial charge on any atom is 0.0352 e. The highest BCUT2D eigenvalue weighted by Gasteiger charge is 2.12. The van der Waals surface area contributed by atoms with Crippen molar-refractivity contribution in [2.24, 2.45) is 5.73 Å². The zero-order valence-electron chi connectivity index (χ0n) is 6.72. The molecule has 0 spiro atoms. The van der Waals surface area contributed by atoms with E-state index in [1.54, 1.807) is 12.2 Å². The normalized spacial score (nSPS) is 12.9. The summed E-state index contributed by atoms with van der Waals surface area (Å²) in [5, 5.41) is 0.